The Morgan fingerprint density at radius 1 is 1.00 bits per heavy atom. The van der Waals surface area contributed by atoms with Crippen molar-refractivity contribution in [1.82, 2.24) is 20.0 Å². The van der Waals surface area contributed by atoms with E-state index in [9.17, 15) is 0 Å². The first-order chi connectivity index (χ1) is 14.2. The van der Waals surface area contributed by atoms with Crippen LogP contribution in [0.5, 0.6) is 0 Å². The second-order valence-electron chi connectivity index (χ2n) is 7.18. The zero-order chi connectivity index (χ0) is 19.6. The molecule has 3 heterocycles. The Morgan fingerprint density at radius 3 is 2.66 bits per heavy atom. The zero-order valence-electron chi connectivity index (χ0n) is 15.8. The van der Waals surface area contributed by atoms with Gasteiger partial charge in [-0.25, -0.2) is 9.97 Å². The molecule has 0 unspecified atom stereocenters. The number of rotatable bonds is 4. The molecule has 0 atom stereocenters. The minimum Gasteiger partial charge on any atom is -0.356 e. The van der Waals surface area contributed by atoms with Crippen LogP contribution in [0.3, 0.4) is 0 Å². The molecule has 0 bridgehead atoms. The highest BCUT2D eigenvalue weighted by Crippen LogP contribution is 2.24. The SMILES string of the molecule is Clc1ccc(-c2ncc3c(n2)CCN(Cc2cc(-c4ccccc4)on2)C3)cc1. The number of nitrogens with zero attached hydrogens (tertiary/aromatic N) is 4. The summed E-state index contributed by atoms with van der Waals surface area (Å²) in [4.78, 5) is 11.7. The monoisotopic (exact) mass is 402 g/mol. The maximum atomic E-state index is 5.98. The molecule has 0 saturated heterocycles. The van der Waals surface area contributed by atoms with Crippen molar-refractivity contribution in [3.05, 3.63) is 88.8 Å². The largest absolute Gasteiger partial charge is 0.356 e. The van der Waals surface area contributed by atoms with E-state index in [1.54, 1.807) is 0 Å². The van der Waals surface area contributed by atoms with E-state index in [4.69, 9.17) is 21.1 Å². The first-order valence-corrected chi connectivity index (χ1v) is 9.96. The molecule has 6 heteroatoms. The third kappa shape index (κ3) is 3.92. The second-order valence-corrected chi connectivity index (χ2v) is 7.62. The number of halogens is 1. The summed E-state index contributed by atoms with van der Waals surface area (Å²) in [5.41, 5.74) is 5.24. The van der Waals surface area contributed by atoms with E-state index in [0.29, 0.717) is 5.02 Å². The molecule has 0 radical (unpaired) electrons. The number of benzene rings is 2. The quantitative estimate of drug-likeness (QED) is 0.480. The van der Waals surface area contributed by atoms with E-state index in [1.807, 2.05) is 66.9 Å². The molecule has 5 rings (SSSR count). The minimum atomic E-state index is 0.714. The van der Waals surface area contributed by atoms with Crippen molar-refractivity contribution in [2.24, 2.45) is 0 Å². The molecular weight excluding hydrogens is 384 g/mol. The second kappa shape index (κ2) is 7.78. The average Bonchev–Trinajstić information content (AvgIpc) is 3.23. The highest BCUT2D eigenvalue weighted by Gasteiger charge is 2.20. The molecule has 0 aliphatic carbocycles. The molecule has 1 aliphatic rings. The summed E-state index contributed by atoms with van der Waals surface area (Å²) in [5.74, 6) is 1.55. The van der Waals surface area contributed by atoms with Gasteiger partial charge in [-0.1, -0.05) is 47.1 Å². The summed E-state index contributed by atoms with van der Waals surface area (Å²) >= 11 is 5.98. The Kier molecular flexibility index (Phi) is 4.84. The Labute approximate surface area is 174 Å². The van der Waals surface area contributed by atoms with E-state index in [1.165, 1.54) is 5.56 Å². The first kappa shape index (κ1) is 18.0. The van der Waals surface area contributed by atoms with Gasteiger partial charge in [0.2, 0.25) is 0 Å². The lowest BCUT2D eigenvalue weighted by molar-refractivity contribution is 0.235. The first-order valence-electron chi connectivity index (χ1n) is 9.59. The third-order valence-corrected chi connectivity index (χ3v) is 5.37. The van der Waals surface area contributed by atoms with Gasteiger partial charge in [-0.05, 0) is 24.3 Å². The molecule has 2 aromatic carbocycles. The third-order valence-electron chi connectivity index (χ3n) is 5.12. The maximum absolute atomic E-state index is 5.98. The smallest absolute Gasteiger partial charge is 0.167 e. The number of fused-ring (bicyclic) bond motifs is 1. The highest BCUT2D eigenvalue weighted by molar-refractivity contribution is 6.30. The van der Waals surface area contributed by atoms with Crippen molar-refractivity contribution in [3.8, 4) is 22.7 Å². The van der Waals surface area contributed by atoms with Gasteiger partial charge < -0.3 is 4.52 Å². The van der Waals surface area contributed by atoms with Crippen LogP contribution in [-0.4, -0.2) is 26.6 Å². The molecule has 144 valence electrons. The van der Waals surface area contributed by atoms with Crippen molar-refractivity contribution in [2.45, 2.75) is 19.5 Å². The van der Waals surface area contributed by atoms with Crippen molar-refractivity contribution >= 4 is 11.6 Å². The molecule has 4 aromatic rings. The summed E-state index contributed by atoms with van der Waals surface area (Å²) in [6.07, 6.45) is 2.83. The standard InChI is InChI=1S/C23H19ClN4O/c24-19-8-6-17(7-9-19)23-25-13-18-14-28(11-10-21(18)26-23)15-20-12-22(29-27-20)16-4-2-1-3-5-16/h1-9,12-13H,10-11,14-15H2. The van der Waals surface area contributed by atoms with Crippen LogP contribution in [-0.2, 0) is 19.5 Å². The van der Waals surface area contributed by atoms with Crippen LogP contribution in [0.1, 0.15) is 17.0 Å². The maximum Gasteiger partial charge on any atom is 0.167 e. The van der Waals surface area contributed by atoms with Gasteiger partial charge in [0, 0.05) is 60.0 Å². The molecule has 5 nitrogen and oxygen atoms in total. The van der Waals surface area contributed by atoms with Gasteiger partial charge in [-0.2, -0.15) is 0 Å². The minimum absolute atomic E-state index is 0.714. The van der Waals surface area contributed by atoms with Crippen molar-refractivity contribution < 1.29 is 4.52 Å². The lowest BCUT2D eigenvalue weighted by Crippen LogP contribution is -2.31. The van der Waals surface area contributed by atoms with Crippen LogP contribution in [0.25, 0.3) is 22.7 Å². The number of hydrogen-bond acceptors (Lipinski definition) is 5. The molecule has 0 saturated carbocycles. The summed E-state index contributed by atoms with van der Waals surface area (Å²) < 4.78 is 5.52. The number of aromatic nitrogens is 3. The normalized spacial score (nSPS) is 14.0. The molecule has 0 fully saturated rings. The van der Waals surface area contributed by atoms with E-state index < -0.39 is 0 Å². The molecule has 1 aliphatic heterocycles. The summed E-state index contributed by atoms with van der Waals surface area (Å²) in [6.45, 7) is 2.48. The summed E-state index contributed by atoms with van der Waals surface area (Å²) in [5, 5.41) is 4.96. The Balaban J connectivity index is 1.29. The van der Waals surface area contributed by atoms with E-state index in [2.05, 4.69) is 15.0 Å². The molecule has 0 amide bonds. The summed E-state index contributed by atoms with van der Waals surface area (Å²) in [7, 11) is 0. The Morgan fingerprint density at radius 2 is 1.83 bits per heavy atom. The Bertz CT molecular complexity index is 1130. The molecule has 0 spiro atoms. The lowest BCUT2D eigenvalue weighted by Gasteiger charge is -2.27. The molecule has 2 aromatic heterocycles. The fourth-order valence-corrected chi connectivity index (χ4v) is 3.73. The van der Waals surface area contributed by atoms with Crippen molar-refractivity contribution in [1.29, 1.82) is 0 Å². The van der Waals surface area contributed by atoms with E-state index in [-0.39, 0.29) is 0 Å². The van der Waals surface area contributed by atoms with Gasteiger partial charge in [-0.3, -0.25) is 4.90 Å². The van der Waals surface area contributed by atoms with E-state index >= 15 is 0 Å². The summed E-state index contributed by atoms with van der Waals surface area (Å²) in [6, 6.07) is 19.7. The van der Waals surface area contributed by atoms with Crippen LogP contribution in [0, 0.1) is 0 Å². The topological polar surface area (TPSA) is 55.1 Å². The van der Waals surface area contributed by atoms with Crippen LogP contribution in [0.2, 0.25) is 5.02 Å². The van der Waals surface area contributed by atoms with E-state index in [0.717, 1.165) is 60.2 Å². The van der Waals surface area contributed by atoms with Gasteiger partial charge in [0.05, 0.1) is 11.4 Å². The fourth-order valence-electron chi connectivity index (χ4n) is 3.60. The van der Waals surface area contributed by atoms with Gasteiger partial charge in [0.25, 0.3) is 0 Å². The Hall–Kier alpha value is -3.02. The zero-order valence-corrected chi connectivity index (χ0v) is 16.5. The van der Waals surface area contributed by atoms with Crippen molar-refractivity contribution in [3.63, 3.8) is 0 Å². The van der Waals surface area contributed by atoms with Gasteiger partial charge >= 0.3 is 0 Å². The van der Waals surface area contributed by atoms with Crippen LogP contribution >= 0.6 is 11.6 Å². The molecular formula is C23H19ClN4O. The molecule has 29 heavy (non-hydrogen) atoms. The lowest BCUT2D eigenvalue weighted by atomic mass is 10.1. The predicted molar refractivity (Wildman–Crippen MR) is 112 cm³/mol. The van der Waals surface area contributed by atoms with Crippen LogP contribution in [0.15, 0.2) is 71.4 Å². The van der Waals surface area contributed by atoms with Crippen LogP contribution < -0.4 is 0 Å². The fraction of sp³-hybridized carbons (Fsp3) is 0.174. The highest BCUT2D eigenvalue weighted by atomic mass is 35.5. The predicted octanol–water partition coefficient (Wildman–Crippen LogP) is 5.01. The molecule has 0 N–H and O–H groups in total. The number of hydrogen-bond donors (Lipinski definition) is 0. The van der Waals surface area contributed by atoms with Gasteiger partial charge in [0.1, 0.15) is 0 Å². The van der Waals surface area contributed by atoms with Gasteiger partial charge in [0.15, 0.2) is 11.6 Å². The van der Waals surface area contributed by atoms with Crippen LogP contribution in [0.4, 0.5) is 0 Å². The average molecular weight is 403 g/mol. The van der Waals surface area contributed by atoms with Gasteiger partial charge in [-0.15, -0.1) is 0 Å². The van der Waals surface area contributed by atoms with Crippen molar-refractivity contribution in [2.75, 3.05) is 6.54 Å².